The molecule has 4 N–H and O–H groups in total. The highest BCUT2D eigenvalue weighted by Crippen LogP contribution is 2.21. The van der Waals surface area contributed by atoms with Gasteiger partial charge >= 0.3 is 11.9 Å². The van der Waals surface area contributed by atoms with E-state index in [0.29, 0.717) is 17.7 Å². The molecule has 9 nitrogen and oxygen atoms in total. The Morgan fingerprint density at radius 3 is 2.56 bits per heavy atom. The molecule has 0 fully saturated rings. The molecule has 0 spiro atoms. The van der Waals surface area contributed by atoms with Crippen LogP contribution in [0.5, 0.6) is 0 Å². The number of amides is 1. The van der Waals surface area contributed by atoms with E-state index in [-0.39, 0.29) is 18.4 Å². The highest BCUT2D eigenvalue weighted by Gasteiger charge is 2.21. The third-order valence-corrected chi connectivity index (χ3v) is 5.44. The van der Waals surface area contributed by atoms with Gasteiger partial charge in [0.1, 0.15) is 10.7 Å². The summed E-state index contributed by atoms with van der Waals surface area (Å²) in [5.74, 6) is -0.409. The molecule has 1 amide bonds. The largest absolute Gasteiger partial charge is 0.481 e. The molecule has 3 rings (SSSR count). The Balaban J connectivity index is 1.75. The second kappa shape index (κ2) is 11.1. The van der Waals surface area contributed by atoms with Gasteiger partial charge in [0.05, 0.1) is 12.9 Å². The first kappa shape index (κ1) is 24.4. The Kier molecular flexibility index (Phi) is 7.95. The minimum absolute atomic E-state index is 0.213. The van der Waals surface area contributed by atoms with Crippen molar-refractivity contribution in [3.05, 3.63) is 64.6 Å². The van der Waals surface area contributed by atoms with Crippen LogP contribution in [-0.4, -0.2) is 50.6 Å². The predicted molar refractivity (Wildman–Crippen MR) is 129 cm³/mol. The summed E-state index contributed by atoms with van der Waals surface area (Å²) in [5, 5.41) is 21.2. The molecule has 0 saturated carbocycles. The number of anilines is 1. The van der Waals surface area contributed by atoms with Gasteiger partial charge < -0.3 is 25.4 Å². The van der Waals surface area contributed by atoms with Crippen LogP contribution in [-0.2, 0) is 16.1 Å². The molecular formula is C24H22N4O5S. The molecule has 2 aromatic carbocycles. The fourth-order valence-corrected chi connectivity index (χ4v) is 3.60. The summed E-state index contributed by atoms with van der Waals surface area (Å²) in [5.41, 5.74) is 2.87. The number of nitrogens with one attached hydrogen (secondary N) is 2. The van der Waals surface area contributed by atoms with Crippen molar-refractivity contribution in [2.24, 2.45) is 0 Å². The maximum Gasteiger partial charge on any atom is 0.326 e. The van der Waals surface area contributed by atoms with E-state index in [9.17, 15) is 19.5 Å². The lowest BCUT2D eigenvalue weighted by Crippen LogP contribution is -2.41. The van der Waals surface area contributed by atoms with Crippen LogP contribution in [0.3, 0.4) is 0 Å². The van der Waals surface area contributed by atoms with Crippen LogP contribution in [0.2, 0.25) is 0 Å². The van der Waals surface area contributed by atoms with Gasteiger partial charge in [-0.05, 0) is 48.4 Å². The van der Waals surface area contributed by atoms with E-state index in [2.05, 4.69) is 21.2 Å². The number of nitrogens with zero attached hydrogens (tertiary/aromatic N) is 2. The van der Waals surface area contributed by atoms with Crippen molar-refractivity contribution in [1.29, 1.82) is 0 Å². The van der Waals surface area contributed by atoms with Crippen molar-refractivity contribution in [2.75, 3.05) is 11.4 Å². The number of aromatic nitrogens is 2. The average Bonchev–Trinajstić information content (AvgIpc) is 2.81. The third kappa shape index (κ3) is 6.17. The highest BCUT2D eigenvalue weighted by molar-refractivity contribution is 7.71. The second-order valence-corrected chi connectivity index (χ2v) is 7.88. The molecule has 10 heteroatoms. The van der Waals surface area contributed by atoms with E-state index >= 15 is 0 Å². The molecular weight excluding hydrogens is 456 g/mol. The van der Waals surface area contributed by atoms with Crippen LogP contribution in [0.25, 0.3) is 10.9 Å². The summed E-state index contributed by atoms with van der Waals surface area (Å²) in [6, 6.07) is 11.1. The van der Waals surface area contributed by atoms with E-state index in [0.717, 1.165) is 22.2 Å². The number of aromatic amines is 1. The molecule has 0 aliphatic rings. The van der Waals surface area contributed by atoms with Crippen LogP contribution in [0.15, 0.2) is 48.8 Å². The Morgan fingerprint density at radius 2 is 1.91 bits per heavy atom. The van der Waals surface area contributed by atoms with Crippen LogP contribution in [0.1, 0.15) is 28.8 Å². The fraction of sp³-hybridized carbons (Fsp3) is 0.208. The van der Waals surface area contributed by atoms with E-state index < -0.39 is 23.9 Å². The van der Waals surface area contributed by atoms with Crippen LogP contribution >= 0.6 is 12.2 Å². The Morgan fingerprint density at radius 1 is 1.18 bits per heavy atom. The molecule has 0 radical (unpaired) electrons. The first-order chi connectivity index (χ1) is 16.3. The zero-order valence-electron chi connectivity index (χ0n) is 18.0. The minimum atomic E-state index is -1.30. The molecule has 0 bridgehead atoms. The van der Waals surface area contributed by atoms with Crippen molar-refractivity contribution < 1.29 is 24.6 Å². The summed E-state index contributed by atoms with van der Waals surface area (Å²) in [7, 11) is 0. The van der Waals surface area contributed by atoms with Gasteiger partial charge in [-0.3, -0.25) is 9.59 Å². The van der Waals surface area contributed by atoms with E-state index in [4.69, 9.17) is 23.7 Å². The number of benzene rings is 2. The van der Waals surface area contributed by atoms with Gasteiger partial charge in [0.2, 0.25) is 0 Å². The summed E-state index contributed by atoms with van der Waals surface area (Å²) in [6.45, 7) is 0.811. The number of H-pyrrole nitrogens is 1. The minimum Gasteiger partial charge on any atom is -0.481 e. The standard InChI is InChI=1S/C24H22N4O5S/c1-2-11-28(13-15-3-8-19-18(12-15)23(34)26-14-25-19)17-6-4-16(5-7-17)22(31)27-20(24(32)33)9-10-21(29)30/h1,3-8,12,14,20H,9-11,13H2,(H,27,31)(H,29,30)(H,32,33)(H,25,26,34)/t20-/m0/s1. The third-order valence-electron chi connectivity index (χ3n) is 5.12. The summed E-state index contributed by atoms with van der Waals surface area (Å²) < 4.78 is 0.498. The second-order valence-electron chi connectivity index (χ2n) is 7.49. The van der Waals surface area contributed by atoms with Crippen molar-refractivity contribution in [2.45, 2.75) is 25.4 Å². The van der Waals surface area contributed by atoms with Crippen LogP contribution in [0.4, 0.5) is 5.69 Å². The van der Waals surface area contributed by atoms with Gasteiger partial charge in [-0.2, -0.15) is 0 Å². The SMILES string of the molecule is C#CCN(Cc1ccc2[nH]cnc(=S)c2c1)c1ccc(C(=O)N[C@@H](CCC(=O)O)C(=O)O)cc1. The van der Waals surface area contributed by atoms with Gasteiger partial charge in [0.15, 0.2) is 0 Å². The number of terminal acetylenes is 1. The number of fused-ring (bicyclic) bond motifs is 1. The van der Waals surface area contributed by atoms with Gasteiger partial charge in [0.25, 0.3) is 5.91 Å². The summed E-state index contributed by atoms with van der Waals surface area (Å²) >= 11 is 5.30. The number of hydrogen-bond acceptors (Lipinski definition) is 6. The van der Waals surface area contributed by atoms with E-state index in [1.165, 1.54) is 0 Å². The number of carbonyl (C=O) groups is 3. The summed E-state index contributed by atoms with van der Waals surface area (Å²) in [6.07, 6.45) is 6.53. The fourth-order valence-electron chi connectivity index (χ4n) is 3.38. The highest BCUT2D eigenvalue weighted by atomic mass is 32.1. The maximum absolute atomic E-state index is 12.5. The van der Waals surface area contributed by atoms with Crippen molar-refractivity contribution in [3.63, 3.8) is 0 Å². The summed E-state index contributed by atoms with van der Waals surface area (Å²) in [4.78, 5) is 43.6. The van der Waals surface area contributed by atoms with Gasteiger partial charge in [0, 0.05) is 35.1 Å². The van der Waals surface area contributed by atoms with Gasteiger partial charge in [-0.15, -0.1) is 6.42 Å². The molecule has 34 heavy (non-hydrogen) atoms. The quantitative estimate of drug-likeness (QED) is 0.258. The molecule has 1 heterocycles. The Bertz CT molecular complexity index is 1310. The monoisotopic (exact) mass is 478 g/mol. The number of carboxylic acids is 2. The molecule has 174 valence electrons. The average molecular weight is 479 g/mol. The Hall–Kier alpha value is -4.23. The van der Waals surface area contributed by atoms with Crippen molar-refractivity contribution in [3.8, 4) is 12.3 Å². The first-order valence-corrected chi connectivity index (χ1v) is 10.7. The molecule has 3 aromatic rings. The molecule has 1 atom stereocenters. The number of rotatable bonds is 10. The number of carbonyl (C=O) groups excluding carboxylic acids is 1. The first-order valence-electron chi connectivity index (χ1n) is 10.3. The molecule has 1 aromatic heterocycles. The zero-order valence-corrected chi connectivity index (χ0v) is 18.8. The van der Waals surface area contributed by atoms with E-state index in [1.54, 1.807) is 30.6 Å². The predicted octanol–water partition coefficient (Wildman–Crippen LogP) is 2.98. The normalized spacial score (nSPS) is 11.4. The lowest BCUT2D eigenvalue weighted by molar-refractivity contribution is -0.140. The van der Waals surface area contributed by atoms with Crippen LogP contribution < -0.4 is 10.2 Å². The van der Waals surface area contributed by atoms with Crippen molar-refractivity contribution >= 4 is 46.7 Å². The molecule has 0 aliphatic heterocycles. The van der Waals surface area contributed by atoms with Gasteiger partial charge in [-0.1, -0.05) is 24.2 Å². The number of aliphatic carboxylic acids is 2. The lowest BCUT2D eigenvalue weighted by atomic mass is 10.1. The molecule has 0 saturated heterocycles. The Labute approximate surface area is 200 Å². The smallest absolute Gasteiger partial charge is 0.326 e. The lowest BCUT2D eigenvalue weighted by Gasteiger charge is -2.23. The number of carboxylic acid groups (broad SMARTS) is 2. The zero-order chi connectivity index (χ0) is 24.7. The van der Waals surface area contributed by atoms with E-state index in [1.807, 2.05) is 23.1 Å². The van der Waals surface area contributed by atoms with Crippen molar-refractivity contribution in [1.82, 2.24) is 15.3 Å². The van der Waals surface area contributed by atoms with Crippen LogP contribution in [0, 0.1) is 17.0 Å². The maximum atomic E-state index is 12.5. The molecule has 0 unspecified atom stereocenters. The molecule has 0 aliphatic carbocycles. The number of hydrogen-bond donors (Lipinski definition) is 4. The topological polar surface area (TPSA) is 136 Å². The van der Waals surface area contributed by atoms with Gasteiger partial charge in [-0.25, -0.2) is 9.78 Å².